The van der Waals surface area contributed by atoms with Crippen LogP contribution in [-0.4, -0.2) is 38.8 Å². The van der Waals surface area contributed by atoms with E-state index >= 15 is 0 Å². The standard InChI is InChI=1S/C23H19N3O4/c1-30-18-6-4-15(5-7-18)14-26-20(17-3-2-10-25-13-17)19(22(28)23(26)29)21(27)16-8-11-24-12-9-16/h2-13,20,27H,14H2,1H3/b21-19-. The van der Waals surface area contributed by atoms with Crippen LogP contribution in [0.15, 0.2) is 78.9 Å². The molecule has 1 atom stereocenters. The molecule has 150 valence electrons. The third-order valence-electron chi connectivity index (χ3n) is 5.01. The molecule has 1 aliphatic heterocycles. The van der Waals surface area contributed by atoms with Gasteiger partial charge in [0.15, 0.2) is 0 Å². The molecule has 1 fully saturated rings. The predicted octanol–water partition coefficient (Wildman–Crippen LogP) is 3.11. The molecule has 0 saturated carbocycles. The van der Waals surface area contributed by atoms with Gasteiger partial charge in [0.1, 0.15) is 11.5 Å². The number of Topliss-reactive ketones (excluding diaryl/α,β-unsaturated/α-hetero) is 1. The zero-order chi connectivity index (χ0) is 21.1. The molecular formula is C23H19N3O4. The molecular weight excluding hydrogens is 382 g/mol. The molecule has 30 heavy (non-hydrogen) atoms. The summed E-state index contributed by atoms with van der Waals surface area (Å²) >= 11 is 0. The Morgan fingerprint density at radius 3 is 2.40 bits per heavy atom. The number of hydrogen-bond donors (Lipinski definition) is 1. The van der Waals surface area contributed by atoms with E-state index in [1.165, 1.54) is 17.3 Å². The number of hydrogen-bond acceptors (Lipinski definition) is 6. The van der Waals surface area contributed by atoms with E-state index in [2.05, 4.69) is 9.97 Å². The van der Waals surface area contributed by atoms with E-state index in [1.54, 1.807) is 55.9 Å². The number of carbonyl (C=O) groups excluding carboxylic acids is 2. The van der Waals surface area contributed by atoms with Crippen LogP contribution >= 0.6 is 0 Å². The molecule has 1 unspecified atom stereocenters. The monoisotopic (exact) mass is 401 g/mol. The van der Waals surface area contributed by atoms with Gasteiger partial charge in [0.05, 0.1) is 18.7 Å². The smallest absolute Gasteiger partial charge is 0.295 e. The van der Waals surface area contributed by atoms with Crippen LogP contribution in [0.5, 0.6) is 5.75 Å². The molecule has 7 nitrogen and oxygen atoms in total. The number of aromatic nitrogens is 2. The molecule has 0 aliphatic carbocycles. The maximum atomic E-state index is 12.9. The number of pyridine rings is 2. The van der Waals surface area contributed by atoms with E-state index in [9.17, 15) is 14.7 Å². The van der Waals surface area contributed by atoms with E-state index in [4.69, 9.17) is 4.74 Å². The molecule has 3 heterocycles. The number of methoxy groups -OCH3 is 1. The summed E-state index contributed by atoms with van der Waals surface area (Å²) in [6, 6.07) is 13.2. The zero-order valence-electron chi connectivity index (χ0n) is 16.2. The topological polar surface area (TPSA) is 92.6 Å². The van der Waals surface area contributed by atoms with Crippen LogP contribution in [0.3, 0.4) is 0 Å². The second-order valence-electron chi connectivity index (χ2n) is 6.80. The van der Waals surface area contributed by atoms with Crippen molar-refractivity contribution in [2.45, 2.75) is 12.6 Å². The van der Waals surface area contributed by atoms with Gasteiger partial charge in [0.2, 0.25) is 0 Å². The predicted molar refractivity (Wildman–Crippen MR) is 109 cm³/mol. The number of nitrogens with zero attached hydrogens (tertiary/aromatic N) is 3. The molecule has 1 saturated heterocycles. The van der Waals surface area contributed by atoms with Gasteiger partial charge in [-0.2, -0.15) is 0 Å². The van der Waals surface area contributed by atoms with Crippen molar-refractivity contribution in [3.05, 3.63) is 95.6 Å². The first-order valence-corrected chi connectivity index (χ1v) is 9.32. The number of ether oxygens (including phenoxy) is 1. The highest BCUT2D eigenvalue weighted by molar-refractivity contribution is 6.46. The highest BCUT2D eigenvalue weighted by Crippen LogP contribution is 2.39. The first-order chi connectivity index (χ1) is 14.6. The fourth-order valence-electron chi connectivity index (χ4n) is 3.52. The Labute approximate surface area is 173 Å². The fraction of sp³-hybridized carbons (Fsp3) is 0.130. The number of amides is 1. The summed E-state index contributed by atoms with van der Waals surface area (Å²) in [6.45, 7) is 0.196. The van der Waals surface area contributed by atoms with Crippen LogP contribution in [0.1, 0.15) is 22.7 Å². The number of ketones is 1. The van der Waals surface area contributed by atoms with Crippen LogP contribution in [0.2, 0.25) is 0 Å². The van der Waals surface area contributed by atoms with Crippen molar-refractivity contribution in [1.82, 2.24) is 14.9 Å². The van der Waals surface area contributed by atoms with Crippen LogP contribution in [0.4, 0.5) is 0 Å². The lowest BCUT2D eigenvalue weighted by Crippen LogP contribution is -2.29. The Morgan fingerprint density at radius 2 is 1.77 bits per heavy atom. The number of benzene rings is 1. The first kappa shape index (κ1) is 19.3. The van der Waals surface area contributed by atoms with E-state index in [0.29, 0.717) is 16.9 Å². The minimum atomic E-state index is -0.756. The summed E-state index contributed by atoms with van der Waals surface area (Å²) in [4.78, 5) is 35.4. The van der Waals surface area contributed by atoms with Gasteiger partial charge in [0.25, 0.3) is 11.7 Å². The second kappa shape index (κ2) is 8.16. The average Bonchev–Trinajstić information content (AvgIpc) is 3.05. The van der Waals surface area contributed by atoms with Gasteiger partial charge in [0, 0.05) is 36.9 Å². The maximum absolute atomic E-state index is 12.9. The van der Waals surface area contributed by atoms with Gasteiger partial charge >= 0.3 is 0 Å². The van der Waals surface area contributed by atoms with Gasteiger partial charge < -0.3 is 14.7 Å². The van der Waals surface area contributed by atoms with Crippen molar-refractivity contribution >= 4 is 17.4 Å². The molecule has 1 N–H and O–H groups in total. The van der Waals surface area contributed by atoms with Crippen molar-refractivity contribution in [3.63, 3.8) is 0 Å². The molecule has 2 aromatic heterocycles. The number of aliphatic hydroxyl groups is 1. The second-order valence-corrected chi connectivity index (χ2v) is 6.80. The molecule has 0 bridgehead atoms. The molecule has 3 aromatic rings. The lowest BCUT2D eigenvalue weighted by Gasteiger charge is -2.25. The van der Waals surface area contributed by atoms with Gasteiger partial charge in [-0.3, -0.25) is 19.6 Å². The van der Waals surface area contributed by atoms with Crippen molar-refractivity contribution < 1.29 is 19.4 Å². The molecule has 4 rings (SSSR count). The Morgan fingerprint density at radius 1 is 1.03 bits per heavy atom. The molecule has 1 aliphatic rings. The lowest BCUT2D eigenvalue weighted by atomic mass is 9.96. The third kappa shape index (κ3) is 3.53. The number of likely N-dealkylation sites (tertiary alicyclic amines) is 1. The summed E-state index contributed by atoms with van der Waals surface area (Å²) in [6.07, 6.45) is 6.24. The first-order valence-electron chi connectivity index (χ1n) is 9.32. The SMILES string of the molecule is COc1ccc(CN2C(=O)C(=O)/C(=C(\O)c3ccncc3)C2c2cccnc2)cc1. The molecule has 1 amide bonds. The summed E-state index contributed by atoms with van der Waals surface area (Å²) in [5.41, 5.74) is 1.92. The van der Waals surface area contributed by atoms with Gasteiger partial charge in [-0.25, -0.2) is 0 Å². The van der Waals surface area contributed by atoms with Crippen LogP contribution in [0.25, 0.3) is 5.76 Å². The van der Waals surface area contributed by atoms with Gasteiger partial charge in [-0.1, -0.05) is 18.2 Å². The molecule has 1 aromatic carbocycles. The molecule has 0 spiro atoms. The Kier molecular flexibility index (Phi) is 5.26. The highest BCUT2D eigenvalue weighted by atomic mass is 16.5. The largest absolute Gasteiger partial charge is 0.507 e. The van der Waals surface area contributed by atoms with Crippen molar-refractivity contribution in [2.24, 2.45) is 0 Å². The summed E-state index contributed by atoms with van der Waals surface area (Å²) in [5, 5.41) is 10.9. The van der Waals surface area contributed by atoms with Crippen molar-refractivity contribution in [2.75, 3.05) is 7.11 Å². The Bertz CT molecular complexity index is 1100. The van der Waals surface area contributed by atoms with E-state index in [-0.39, 0.29) is 17.9 Å². The van der Waals surface area contributed by atoms with Gasteiger partial charge in [-0.15, -0.1) is 0 Å². The average molecular weight is 401 g/mol. The summed E-state index contributed by atoms with van der Waals surface area (Å²) < 4.78 is 5.18. The van der Waals surface area contributed by atoms with Crippen molar-refractivity contribution in [3.8, 4) is 5.75 Å². The molecule has 7 heteroatoms. The van der Waals surface area contributed by atoms with Crippen LogP contribution in [0, 0.1) is 0 Å². The quantitative estimate of drug-likeness (QED) is 0.401. The Balaban J connectivity index is 1.81. The normalized spacial score (nSPS) is 17.9. The number of carbonyl (C=O) groups is 2. The minimum Gasteiger partial charge on any atom is -0.507 e. The summed E-state index contributed by atoms with van der Waals surface area (Å²) in [7, 11) is 1.58. The highest BCUT2D eigenvalue weighted by Gasteiger charge is 2.46. The number of aliphatic hydroxyl groups excluding tert-OH is 1. The summed E-state index contributed by atoms with van der Waals surface area (Å²) in [5.74, 6) is -0.939. The fourth-order valence-corrected chi connectivity index (χ4v) is 3.52. The van der Waals surface area contributed by atoms with Crippen LogP contribution in [-0.2, 0) is 16.1 Å². The van der Waals surface area contributed by atoms with Crippen molar-refractivity contribution in [1.29, 1.82) is 0 Å². The third-order valence-corrected chi connectivity index (χ3v) is 5.01. The zero-order valence-corrected chi connectivity index (χ0v) is 16.2. The lowest BCUT2D eigenvalue weighted by molar-refractivity contribution is -0.140. The van der Waals surface area contributed by atoms with Crippen LogP contribution < -0.4 is 4.74 Å². The number of rotatable bonds is 5. The Hall–Kier alpha value is -4.00. The van der Waals surface area contributed by atoms with Gasteiger partial charge in [-0.05, 0) is 41.5 Å². The minimum absolute atomic E-state index is 0.0349. The van der Waals surface area contributed by atoms with E-state index in [0.717, 1.165) is 5.56 Å². The maximum Gasteiger partial charge on any atom is 0.295 e. The van der Waals surface area contributed by atoms with E-state index in [1.807, 2.05) is 12.1 Å². The van der Waals surface area contributed by atoms with E-state index < -0.39 is 17.7 Å². The molecule has 0 radical (unpaired) electrons.